The Hall–Kier alpha value is -3.11. The second-order valence-electron chi connectivity index (χ2n) is 10.8. The molecule has 1 N–H and O–H groups in total. The minimum atomic E-state index is -1.09. The summed E-state index contributed by atoms with van der Waals surface area (Å²) < 4.78 is 17.9. The number of carbonyl (C=O) groups is 1. The zero-order valence-electron chi connectivity index (χ0n) is 21.7. The molecule has 9 nitrogen and oxygen atoms in total. The van der Waals surface area contributed by atoms with Crippen molar-refractivity contribution in [1.82, 2.24) is 15.3 Å². The molecular weight excluding hydrogens is 591 g/mol. The Morgan fingerprint density at radius 2 is 1.71 bits per heavy atom. The number of ether oxygens (including phenoxy) is 1. The summed E-state index contributed by atoms with van der Waals surface area (Å²) in [4.78, 5) is 18.1. The Bertz CT molecular complexity index is 1600. The fourth-order valence-electron chi connectivity index (χ4n) is 6.10. The van der Waals surface area contributed by atoms with Crippen LogP contribution in [-0.4, -0.2) is 44.6 Å². The second-order valence-corrected chi connectivity index (χ2v) is 12.1. The fraction of sp³-hybridized carbons (Fsp3) is 0.379. The number of piperidine rings is 1. The van der Waals surface area contributed by atoms with Gasteiger partial charge in [0.2, 0.25) is 0 Å². The van der Waals surface area contributed by atoms with Crippen LogP contribution in [0.15, 0.2) is 45.4 Å². The number of hydrogen-bond donors (Lipinski definition) is 1. The van der Waals surface area contributed by atoms with Gasteiger partial charge in [0.1, 0.15) is 11.5 Å². The number of aromatic nitrogens is 3. The maximum Gasteiger partial charge on any atom is 0.337 e. The Morgan fingerprint density at radius 3 is 2.37 bits per heavy atom. The highest BCUT2D eigenvalue weighted by Gasteiger charge is 2.43. The van der Waals surface area contributed by atoms with Crippen LogP contribution < -0.4 is 4.90 Å². The van der Waals surface area contributed by atoms with Gasteiger partial charge in [0, 0.05) is 34.7 Å². The first-order chi connectivity index (χ1) is 19.9. The van der Waals surface area contributed by atoms with Crippen molar-refractivity contribution >= 4 is 46.7 Å². The van der Waals surface area contributed by atoms with Crippen molar-refractivity contribution in [2.75, 3.05) is 4.90 Å². The van der Waals surface area contributed by atoms with E-state index in [-0.39, 0.29) is 28.8 Å². The van der Waals surface area contributed by atoms with Gasteiger partial charge in [-0.1, -0.05) is 46.0 Å². The molecule has 4 heterocycles. The molecule has 1 aliphatic carbocycles. The molecule has 12 heteroatoms. The Morgan fingerprint density at radius 1 is 0.976 bits per heavy atom. The molecule has 1 saturated carbocycles. The Kier molecular flexibility index (Phi) is 6.93. The van der Waals surface area contributed by atoms with E-state index in [2.05, 4.69) is 20.2 Å². The van der Waals surface area contributed by atoms with Crippen molar-refractivity contribution in [1.29, 1.82) is 0 Å². The Balaban J connectivity index is 1.07. The number of anilines is 1. The minimum Gasteiger partial charge on any atom is -0.478 e. The molecule has 41 heavy (non-hydrogen) atoms. The van der Waals surface area contributed by atoms with Crippen LogP contribution in [-0.2, 0) is 11.3 Å². The van der Waals surface area contributed by atoms with Crippen molar-refractivity contribution in [3.63, 3.8) is 0 Å². The van der Waals surface area contributed by atoms with Crippen LogP contribution in [0.3, 0.4) is 0 Å². The molecule has 0 amide bonds. The van der Waals surface area contributed by atoms with E-state index in [0.717, 1.165) is 49.8 Å². The summed E-state index contributed by atoms with van der Waals surface area (Å²) in [7, 11) is 0. The molecule has 3 atom stereocenters. The smallest absolute Gasteiger partial charge is 0.337 e. The summed E-state index contributed by atoms with van der Waals surface area (Å²) in [5, 5.41) is 19.0. The normalized spacial score (nSPS) is 21.9. The molecule has 2 bridgehead atoms. The van der Waals surface area contributed by atoms with Gasteiger partial charge in [0.05, 0.1) is 33.3 Å². The molecule has 0 unspecified atom stereocenters. The molecule has 212 valence electrons. The van der Waals surface area contributed by atoms with E-state index >= 15 is 0 Å². The summed E-state index contributed by atoms with van der Waals surface area (Å²) in [5.41, 5.74) is 2.84. The van der Waals surface area contributed by atoms with Gasteiger partial charge in [0.15, 0.2) is 0 Å². The third-order valence-corrected chi connectivity index (χ3v) is 9.15. The third kappa shape index (κ3) is 4.99. The van der Waals surface area contributed by atoms with E-state index < -0.39 is 5.97 Å². The average Bonchev–Trinajstić information content (AvgIpc) is 3.41. The SMILES string of the molecule is O=C(O)c1ccc(-c2nc(N3[C@@H]4CC[C@H]3C[C@@H](OCc3c(-c5c(Cl)cccc5Cl)noc3C3CC3)C4)no2)cc1Cl. The van der Waals surface area contributed by atoms with Crippen LogP contribution in [0.25, 0.3) is 22.7 Å². The number of fused-ring (bicyclic) bond motifs is 2. The molecule has 0 spiro atoms. The summed E-state index contributed by atoms with van der Waals surface area (Å²) in [6, 6.07) is 10.4. The van der Waals surface area contributed by atoms with Crippen LogP contribution in [0, 0.1) is 0 Å². The number of carboxylic acids is 1. The number of hydrogen-bond acceptors (Lipinski definition) is 8. The van der Waals surface area contributed by atoms with Crippen LogP contribution in [0.5, 0.6) is 0 Å². The number of rotatable bonds is 8. The average molecular weight is 616 g/mol. The first-order valence-electron chi connectivity index (χ1n) is 13.6. The highest BCUT2D eigenvalue weighted by atomic mass is 35.5. The lowest BCUT2D eigenvalue weighted by molar-refractivity contribution is 0.0144. The molecule has 2 saturated heterocycles. The fourth-order valence-corrected chi connectivity index (χ4v) is 6.94. The molecule has 4 aromatic rings. The van der Waals surface area contributed by atoms with Gasteiger partial charge in [-0.25, -0.2) is 4.79 Å². The van der Waals surface area contributed by atoms with Gasteiger partial charge in [-0.3, -0.25) is 0 Å². The minimum absolute atomic E-state index is 0.0211. The van der Waals surface area contributed by atoms with Crippen LogP contribution in [0.4, 0.5) is 5.95 Å². The van der Waals surface area contributed by atoms with E-state index in [1.807, 2.05) is 6.07 Å². The largest absolute Gasteiger partial charge is 0.478 e. The van der Waals surface area contributed by atoms with Crippen molar-refractivity contribution in [3.8, 4) is 22.7 Å². The molecule has 3 fully saturated rings. The first kappa shape index (κ1) is 26.8. The van der Waals surface area contributed by atoms with Crippen molar-refractivity contribution in [2.24, 2.45) is 0 Å². The zero-order valence-corrected chi connectivity index (χ0v) is 24.0. The molecule has 7 rings (SSSR count). The summed E-state index contributed by atoms with van der Waals surface area (Å²) >= 11 is 19.2. The highest BCUT2D eigenvalue weighted by Crippen LogP contribution is 2.47. The quantitative estimate of drug-likeness (QED) is 0.213. The van der Waals surface area contributed by atoms with Crippen LogP contribution >= 0.6 is 34.8 Å². The summed E-state index contributed by atoms with van der Waals surface area (Å²) in [6.07, 6.45) is 5.86. The number of halogens is 3. The number of nitrogens with zero attached hydrogens (tertiary/aromatic N) is 4. The molecular formula is C29H25Cl3N4O5. The molecule has 2 aliphatic heterocycles. The predicted molar refractivity (Wildman–Crippen MR) is 153 cm³/mol. The zero-order chi connectivity index (χ0) is 28.2. The standard InChI is InChI=1S/C29H25Cl3N4O5/c30-21-2-1-3-22(31)24(21)25-20(26(40-34-25)14-4-5-14)13-39-18-11-16-7-8-17(12-18)36(16)29-33-27(41-35-29)15-6-9-19(28(37)38)23(32)10-15/h1-3,6,9-10,14,16-18H,4-5,7-8,11-13H2,(H,37,38)/t16-,17+,18+. The van der Waals surface area contributed by atoms with Gasteiger partial charge < -0.3 is 23.8 Å². The van der Waals surface area contributed by atoms with Crippen molar-refractivity contribution < 1.29 is 23.7 Å². The van der Waals surface area contributed by atoms with Gasteiger partial charge in [-0.15, -0.1) is 0 Å². The highest BCUT2D eigenvalue weighted by molar-refractivity contribution is 6.39. The maximum atomic E-state index is 11.3. The lowest BCUT2D eigenvalue weighted by atomic mass is 9.99. The number of carboxylic acid groups (broad SMARTS) is 1. The van der Waals surface area contributed by atoms with E-state index in [0.29, 0.717) is 51.2 Å². The Labute approximate surface area is 250 Å². The van der Waals surface area contributed by atoms with Crippen LogP contribution in [0.2, 0.25) is 15.1 Å². The monoisotopic (exact) mass is 614 g/mol. The lowest BCUT2D eigenvalue weighted by Crippen LogP contribution is -2.46. The molecule has 2 aromatic heterocycles. The third-order valence-electron chi connectivity index (χ3n) is 8.21. The topological polar surface area (TPSA) is 115 Å². The first-order valence-corrected chi connectivity index (χ1v) is 14.7. The second kappa shape index (κ2) is 10.6. The molecule has 0 radical (unpaired) electrons. The van der Waals surface area contributed by atoms with E-state index in [4.69, 9.17) is 48.6 Å². The van der Waals surface area contributed by atoms with Gasteiger partial charge >= 0.3 is 5.97 Å². The van der Waals surface area contributed by atoms with E-state index in [1.54, 1.807) is 18.2 Å². The summed E-state index contributed by atoms with van der Waals surface area (Å²) in [5.74, 6) is 0.952. The molecule has 2 aromatic carbocycles. The van der Waals surface area contributed by atoms with Gasteiger partial charge in [-0.2, -0.15) is 4.98 Å². The number of aromatic carboxylic acids is 1. The lowest BCUT2D eigenvalue weighted by Gasteiger charge is -2.37. The molecule has 3 aliphatic rings. The van der Waals surface area contributed by atoms with Crippen LogP contribution in [0.1, 0.15) is 66.1 Å². The summed E-state index contributed by atoms with van der Waals surface area (Å²) in [6.45, 7) is 0.371. The maximum absolute atomic E-state index is 11.3. The predicted octanol–water partition coefficient (Wildman–Crippen LogP) is 7.64. The van der Waals surface area contributed by atoms with Crippen molar-refractivity contribution in [3.05, 3.63) is 68.4 Å². The van der Waals surface area contributed by atoms with E-state index in [9.17, 15) is 9.90 Å². The van der Waals surface area contributed by atoms with Gasteiger partial charge in [-0.05, 0) is 74.0 Å². The van der Waals surface area contributed by atoms with Crippen molar-refractivity contribution in [2.45, 2.75) is 69.2 Å². The van der Waals surface area contributed by atoms with E-state index in [1.165, 1.54) is 12.1 Å². The van der Waals surface area contributed by atoms with Gasteiger partial charge in [0.25, 0.3) is 11.8 Å². The number of benzene rings is 2.